The Labute approximate surface area is 314 Å². The second-order valence-electron chi connectivity index (χ2n) is 13.5. The number of imide groups is 1. The van der Waals surface area contributed by atoms with Gasteiger partial charge < -0.3 is 9.47 Å². The van der Waals surface area contributed by atoms with Crippen molar-refractivity contribution in [2.24, 2.45) is 11.0 Å². The Bertz CT molecular complexity index is 2350. The number of nitrogens with zero attached hydrogens (tertiary/aromatic N) is 4. The van der Waals surface area contributed by atoms with Gasteiger partial charge in [0.1, 0.15) is 19.0 Å². The van der Waals surface area contributed by atoms with Crippen molar-refractivity contribution in [3.05, 3.63) is 155 Å². The fourth-order valence-corrected chi connectivity index (χ4v) is 6.92. The number of para-hydroxylation sites is 1. The highest BCUT2D eigenvalue weighted by Gasteiger charge is 2.33. The van der Waals surface area contributed by atoms with Gasteiger partial charge in [-0.05, 0) is 53.8 Å². The summed E-state index contributed by atoms with van der Waals surface area (Å²) in [6.07, 6.45) is 1.98. The second-order valence-corrected chi connectivity index (χ2v) is 13.5. The summed E-state index contributed by atoms with van der Waals surface area (Å²) in [6.45, 7) is 6.31. The molecule has 1 aliphatic rings. The summed E-state index contributed by atoms with van der Waals surface area (Å²) in [6, 6.07) is 38.6. The van der Waals surface area contributed by atoms with Gasteiger partial charge in [-0.15, -0.1) is 5.01 Å². The van der Waals surface area contributed by atoms with Gasteiger partial charge in [-0.2, -0.15) is 5.10 Å². The minimum absolute atomic E-state index is 0.0354. The Hall–Kier alpha value is -6.35. The van der Waals surface area contributed by atoms with E-state index in [0.29, 0.717) is 11.3 Å². The number of carbonyl (C=O) groups excluding carboxylic acids is 3. The summed E-state index contributed by atoms with van der Waals surface area (Å²) in [5.74, 6) is -0.142. The Morgan fingerprint density at radius 3 is 2.09 bits per heavy atom. The SMILES string of the molecule is CCCCc1nc2c(C)c(C3=NN(C(=O)OCc4ccccc4)C(=O)CC3C)ccc2n1-c1ccccc1-c1ccccc1C(=O)OCc1ccccc1. The predicted molar refractivity (Wildman–Crippen MR) is 209 cm³/mol. The lowest BCUT2D eigenvalue weighted by Gasteiger charge is -2.26. The molecule has 0 fully saturated rings. The number of benzene rings is 5. The third-order valence-corrected chi connectivity index (χ3v) is 9.74. The molecule has 272 valence electrons. The molecule has 7 rings (SSSR count). The second kappa shape index (κ2) is 16.1. The van der Waals surface area contributed by atoms with Gasteiger partial charge in [-0.25, -0.2) is 14.6 Å². The van der Waals surface area contributed by atoms with Gasteiger partial charge in [0.05, 0.1) is 28.0 Å². The lowest BCUT2D eigenvalue weighted by molar-refractivity contribution is -0.130. The number of unbranched alkanes of at least 4 members (excludes halogenated alkanes) is 1. The molecule has 0 bridgehead atoms. The molecule has 0 N–H and O–H groups in total. The number of hydrazone groups is 1. The Morgan fingerprint density at radius 1 is 0.759 bits per heavy atom. The zero-order valence-corrected chi connectivity index (χ0v) is 30.7. The van der Waals surface area contributed by atoms with Crippen molar-refractivity contribution in [3.8, 4) is 16.8 Å². The number of rotatable bonds is 11. The molecule has 1 unspecified atom stereocenters. The van der Waals surface area contributed by atoms with E-state index in [1.54, 1.807) is 6.07 Å². The molecule has 2 amide bonds. The first-order valence-electron chi connectivity index (χ1n) is 18.4. The maximum absolute atomic E-state index is 13.6. The van der Waals surface area contributed by atoms with Crippen LogP contribution >= 0.6 is 0 Å². The molecule has 1 atom stereocenters. The van der Waals surface area contributed by atoms with Gasteiger partial charge in [-0.1, -0.05) is 123 Å². The lowest BCUT2D eigenvalue weighted by Crippen LogP contribution is -2.40. The molecule has 9 heteroatoms. The van der Waals surface area contributed by atoms with E-state index >= 15 is 0 Å². The van der Waals surface area contributed by atoms with E-state index < -0.39 is 18.0 Å². The first kappa shape index (κ1) is 36.0. The summed E-state index contributed by atoms with van der Waals surface area (Å²) in [4.78, 5) is 45.0. The van der Waals surface area contributed by atoms with Gasteiger partial charge in [0.2, 0.25) is 0 Å². The molecule has 0 radical (unpaired) electrons. The number of carbonyl (C=O) groups is 3. The van der Waals surface area contributed by atoms with Crippen molar-refractivity contribution in [3.63, 3.8) is 0 Å². The highest BCUT2D eigenvalue weighted by molar-refractivity contribution is 6.11. The van der Waals surface area contributed by atoms with E-state index in [0.717, 1.165) is 80.2 Å². The van der Waals surface area contributed by atoms with Crippen LogP contribution in [0.25, 0.3) is 27.8 Å². The van der Waals surface area contributed by atoms with E-state index in [1.807, 2.05) is 123 Å². The van der Waals surface area contributed by atoms with Crippen LogP contribution in [0.1, 0.15) is 71.5 Å². The molecule has 0 spiro atoms. The molecule has 0 saturated carbocycles. The fourth-order valence-electron chi connectivity index (χ4n) is 6.92. The van der Waals surface area contributed by atoms with Gasteiger partial charge in [0.25, 0.3) is 5.91 Å². The van der Waals surface area contributed by atoms with Gasteiger partial charge in [-0.3, -0.25) is 9.36 Å². The highest BCUT2D eigenvalue weighted by Crippen LogP contribution is 2.36. The van der Waals surface area contributed by atoms with Crippen molar-refractivity contribution in [1.29, 1.82) is 0 Å². The molecule has 6 aromatic rings. The topological polar surface area (TPSA) is 103 Å². The zero-order valence-electron chi connectivity index (χ0n) is 30.7. The Kier molecular flexibility index (Phi) is 10.8. The van der Waals surface area contributed by atoms with Crippen LogP contribution in [0.4, 0.5) is 4.79 Å². The minimum Gasteiger partial charge on any atom is -0.457 e. The van der Waals surface area contributed by atoms with Crippen LogP contribution in [0.3, 0.4) is 0 Å². The number of amides is 2. The van der Waals surface area contributed by atoms with Crippen molar-refractivity contribution < 1.29 is 23.9 Å². The van der Waals surface area contributed by atoms with E-state index in [4.69, 9.17) is 14.5 Å². The molecular formula is C45H42N4O5. The quantitative estimate of drug-likeness (QED) is 0.124. The third kappa shape index (κ3) is 7.43. The minimum atomic E-state index is -0.807. The monoisotopic (exact) mass is 718 g/mol. The highest BCUT2D eigenvalue weighted by atomic mass is 16.6. The summed E-state index contributed by atoms with van der Waals surface area (Å²) in [5.41, 5.74) is 8.77. The number of aryl methyl sites for hydroxylation is 2. The smallest absolute Gasteiger partial charge is 0.438 e. The van der Waals surface area contributed by atoms with Crippen molar-refractivity contribution in [1.82, 2.24) is 14.6 Å². The van der Waals surface area contributed by atoms with Crippen molar-refractivity contribution >= 4 is 34.7 Å². The normalized spacial score (nSPS) is 14.2. The largest absolute Gasteiger partial charge is 0.457 e. The van der Waals surface area contributed by atoms with Crippen LogP contribution in [0.15, 0.2) is 126 Å². The molecule has 2 heterocycles. The Balaban J connectivity index is 1.27. The molecule has 0 aliphatic carbocycles. The van der Waals surface area contributed by atoms with Crippen LogP contribution in [0.2, 0.25) is 0 Å². The number of hydrogen-bond acceptors (Lipinski definition) is 7. The van der Waals surface area contributed by atoms with E-state index in [-0.39, 0.29) is 25.6 Å². The van der Waals surface area contributed by atoms with Crippen LogP contribution in [0, 0.1) is 12.8 Å². The third-order valence-electron chi connectivity index (χ3n) is 9.74. The van der Waals surface area contributed by atoms with Gasteiger partial charge >= 0.3 is 12.1 Å². The van der Waals surface area contributed by atoms with Crippen LogP contribution < -0.4 is 0 Å². The molecule has 1 aliphatic heterocycles. The number of esters is 1. The number of fused-ring (bicyclic) bond motifs is 1. The molecule has 54 heavy (non-hydrogen) atoms. The lowest BCUT2D eigenvalue weighted by atomic mass is 9.90. The van der Waals surface area contributed by atoms with Gasteiger partial charge in [0, 0.05) is 29.9 Å². The maximum Gasteiger partial charge on any atom is 0.438 e. The van der Waals surface area contributed by atoms with E-state index in [9.17, 15) is 14.4 Å². The fraction of sp³-hybridized carbons (Fsp3) is 0.222. The number of aromatic nitrogens is 2. The zero-order chi connectivity index (χ0) is 37.6. The summed E-state index contributed by atoms with van der Waals surface area (Å²) in [7, 11) is 0. The standard InChI is InChI=1S/C45H42N4O5/c1-4-5-24-40-46-43-31(3)34(42-30(2)27-41(50)49(47-42)45(52)54-29-33-18-10-7-11-19-33)25-26-39(43)48(40)38-23-15-14-21-36(38)35-20-12-13-22-37(35)44(51)53-28-32-16-8-6-9-17-32/h6-23,25-26,30H,4-5,24,27-29H2,1-3H3. The van der Waals surface area contributed by atoms with E-state index in [1.165, 1.54) is 0 Å². The number of ether oxygens (including phenoxy) is 2. The maximum atomic E-state index is 13.6. The first-order valence-corrected chi connectivity index (χ1v) is 18.4. The molecular weight excluding hydrogens is 677 g/mol. The van der Waals surface area contributed by atoms with E-state index in [2.05, 4.69) is 22.7 Å². The Morgan fingerprint density at radius 2 is 1.39 bits per heavy atom. The first-order chi connectivity index (χ1) is 26.3. The van der Waals surface area contributed by atoms with Crippen molar-refractivity contribution in [2.75, 3.05) is 0 Å². The summed E-state index contributed by atoms with van der Waals surface area (Å²) >= 11 is 0. The number of imidazole rings is 1. The van der Waals surface area contributed by atoms with Crippen LogP contribution in [0.5, 0.6) is 0 Å². The summed E-state index contributed by atoms with van der Waals surface area (Å²) < 4.78 is 13.5. The molecule has 0 saturated heterocycles. The molecule has 1 aromatic heterocycles. The average molecular weight is 719 g/mol. The summed E-state index contributed by atoms with van der Waals surface area (Å²) in [5, 5.41) is 5.45. The average Bonchev–Trinajstić information content (AvgIpc) is 3.58. The molecule has 9 nitrogen and oxygen atoms in total. The molecule has 5 aromatic carbocycles. The number of hydrogen-bond donors (Lipinski definition) is 0. The van der Waals surface area contributed by atoms with Crippen LogP contribution in [-0.4, -0.2) is 38.2 Å². The van der Waals surface area contributed by atoms with Crippen LogP contribution in [-0.2, 0) is 33.9 Å². The van der Waals surface area contributed by atoms with Crippen molar-refractivity contribution in [2.45, 2.75) is 59.7 Å². The predicted octanol–water partition coefficient (Wildman–Crippen LogP) is 9.61. The van der Waals surface area contributed by atoms with Gasteiger partial charge in [0.15, 0.2) is 0 Å².